The van der Waals surface area contributed by atoms with Crippen molar-refractivity contribution in [3.8, 4) is 5.75 Å². The molecule has 0 radical (unpaired) electrons. The maximum Gasteiger partial charge on any atom is 0.141 e. The molecule has 4 rings (SSSR count). The summed E-state index contributed by atoms with van der Waals surface area (Å²) in [5.41, 5.74) is 0.361. The van der Waals surface area contributed by atoms with Crippen LogP contribution in [0.15, 0.2) is 42.6 Å². The molecule has 2 fully saturated rings. The number of halogens is 1. The largest absolute Gasteiger partial charge is 0.492 e. The van der Waals surface area contributed by atoms with E-state index in [1.165, 1.54) is 17.8 Å². The van der Waals surface area contributed by atoms with Gasteiger partial charge in [-0.2, -0.15) is 0 Å². The highest BCUT2D eigenvalue weighted by Crippen LogP contribution is 2.26. The van der Waals surface area contributed by atoms with Gasteiger partial charge in [0.05, 0.1) is 25.0 Å². The molecule has 2 aliphatic heterocycles. The van der Waals surface area contributed by atoms with Crippen molar-refractivity contribution in [3.63, 3.8) is 0 Å². The highest BCUT2D eigenvalue weighted by molar-refractivity contribution is 5.40. The normalized spacial score (nSPS) is 21.9. The Hall–Kier alpha value is -2.26. The molecule has 3 heterocycles. The summed E-state index contributed by atoms with van der Waals surface area (Å²) in [7, 11) is 2.02. The summed E-state index contributed by atoms with van der Waals surface area (Å²) in [5, 5.41) is 11.1. The predicted molar refractivity (Wildman–Crippen MR) is 122 cm³/mol. The van der Waals surface area contributed by atoms with E-state index < -0.39 is 5.60 Å². The second-order valence-electron chi connectivity index (χ2n) is 8.85. The first kappa shape index (κ1) is 22.9. The number of β-amino-alcohol motifs (C(OH)–C–C–N with tert-alkyl or cyclic N) is 1. The van der Waals surface area contributed by atoms with Crippen molar-refractivity contribution in [1.82, 2.24) is 14.8 Å². The molecule has 2 saturated heterocycles. The van der Waals surface area contributed by atoms with Crippen molar-refractivity contribution in [2.75, 3.05) is 71.0 Å². The maximum absolute atomic E-state index is 13.1. The second kappa shape index (κ2) is 10.6. The lowest BCUT2D eigenvalue weighted by Gasteiger charge is -2.29. The van der Waals surface area contributed by atoms with Gasteiger partial charge in [-0.3, -0.25) is 9.80 Å². The van der Waals surface area contributed by atoms with Crippen molar-refractivity contribution in [1.29, 1.82) is 0 Å². The third kappa shape index (κ3) is 6.38. The molecular weight excluding hydrogens is 411 g/mol. The van der Waals surface area contributed by atoms with Crippen LogP contribution in [0.2, 0.25) is 0 Å². The van der Waals surface area contributed by atoms with Crippen LogP contribution in [0, 0.1) is 5.82 Å². The standard InChI is InChI=1S/C24H33FN4O3/c1-27(18-24(30)8-9-29(19-24)23-7-4-21(25)16-26-23)17-20-2-5-22(6-3-20)32-15-12-28-10-13-31-14-11-28/h2-7,16,30H,8-15,17-19H2,1H3/t24-/m0/s1. The lowest BCUT2D eigenvalue weighted by atomic mass is 10.0. The van der Waals surface area contributed by atoms with Gasteiger partial charge in [0, 0.05) is 45.8 Å². The van der Waals surface area contributed by atoms with Crippen molar-refractivity contribution >= 4 is 5.82 Å². The number of morpholine rings is 1. The van der Waals surface area contributed by atoms with E-state index in [0.29, 0.717) is 38.5 Å². The molecule has 0 saturated carbocycles. The molecule has 0 bridgehead atoms. The SMILES string of the molecule is CN(Cc1ccc(OCCN2CCOCC2)cc1)C[C@@]1(O)CCN(c2ccc(F)cn2)C1. The van der Waals surface area contributed by atoms with Gasteiger partial charge in [-0.05, 0) is 43.3 Å². The lowest BCUT2D eigenvalue weighted by Crippen LogP contribution is -2.43. The van der Waals surface area contributed by atoms with Gasteiger partial charge in [-0.25, -0.2) is 9.37 Å². The minimum atomic E-state index is -0.812. The monoisotopic (exact) mass is 444 g/mol. The summed E-state index contributed by atoms with van der Waals surface area (Å²) >= 11 is 0. The van der Waals surface area contributed by atoms with Gasteiger partial charge in [-0.15, -0.1) is 0 Å². The fraction of sp³-hybridized carbons (Fsp3) is 0.542. The van der Waals surface area contributed by atoms with Crippen molar-refractivity contribution in [3.05, 3.63) is 54.0 Å². The molecule has 8 heteroatoms. The van der Waals surface area contributed by atoms with Gasteiger partial charge in [0.15, 0.2) is 0 Å². The van der Waals surface area contributed by atoms with E-state index in [9.17, 15) is 9.50 Å². The molecule has 7 nitrogen and oxygen atoms in total. The first-order valence-electron chi connectivity index (χ1n) is 11.3. The zero-order valence-corrected chi connectivity index (χ0v) is 18.8. The molecule has 1 aromatic heterocycles. The number of anilines is 1. The van der Waals surface area contributed by atoms with Crippen LogP contribution in [0.5, 0.6) is 5.75 Å². The Kier molecular flexibility index (Phi) is 7.57. The number of pyridine rings is 1. The topological polar surface area (TPSA) is 61.3 Å². The van der Waals surface area contributed by atoms with E-state index in [-0.39, 0.29) is 5.82 Å². The Labute approximate surface area is 189 Å². The molecule has 0 unspecified atom stereocenters. The summed E-state index contributed by atoms with van der Waals surface area (Å²) < 4.78 is 24.4. The first-order chi connectivity index (χ1) is 15.5. The van der Waals surface area contributed by atoms with Gasteiger partial charge in [0.2, 0.25) is 0 Å². The number of hydrogen-bond donors (Lipinski definition) is 1. The van der Waals surface area contributed by atoms with Crippen molar-refractivity contribution in [2.45, 2.75) is 18.6 Å². The molecular formula is C24H33FN4O3. The number of aromatic nitrogens is 1. The van der Waals surface area contributed by atoms with Crippen LogP contribution < -0.4 is 9.64 Å². The molecule has 1 aromatic carbocycles. The van der Waals surface area contributed by atoms with E-state index in [4.69, 9.17) is 9.47 Å². The van der Waals surface area contributed by atoms with Crippen molar-refractivity contribution < 1.29 is 19.0 Å². The van der Waals surface area contributed by atoms with Crippen LogP contribution in [0.1, 0.15) is 12.0 Å². The Morgan fingerprint density at radius 2 is 1.94 bits per heavy atom. The zero-order chi connectivity index (χ0) is 22.4. The summed E-state index contributed by atoms with van der Waals surface area (Å²) in [6.45, 7) is 7.64. The summed E-state index contributed by atoms with van der Waals surface area (Å²) in [5.74, 6) is 1.23. The number of rotatable bonds is 9. The number of hydrogen-bond acceptors (Lipinski definition) is 7. The molecule has 2 aliphatic rings. The molecule has 174 valence electrons. The number of nitrogens with zero attached hydrogens (tertiary/aromatic N) is 4. The number of aliphatic hydroxyl groups is 1. The molecule has 32 heavy (non-hydrogen) atoms. The van der Waals surface area contributed by atoms with Gasteiger partial charge < -0.3 is 19.5 Å². The fourth-order valence-electron chi connectivity index (χ4n) is 4.41. The summed E-state index contributed by atoms with van der Waals surface area (Å²) in [6.07, 6.45) is 1.88. The highest BCUT2D eigenvalue weighted by atomic mass is 19.1. The molecule has 0 spiro atoms. The van der Waals surface area contributed by atoms with Gasteiger partial charge in [0.25, 0.3) is 0 Å². The molecule has 1 atom stereocenters. The summed E-state index contributed by atoms with van der Waals surface area (Å²) in [6, 6.07) is 11.2. The van der Waals surface area contributed by atoms with Crippen LogP contribution >= 0.6 is 0 Å². The van der Waals surface area contributed by atoms with Gasteiger partial charge in [0.1, 0.15) is 24.0 Å². The Morgan fingerprint density at radius 1 is 1.16 bits per heavy atom. The maximum atomic E-state index is 13.1. The van der Waals surface area contributed by atoms with E-state index in [1.54, 1.807) is 6.07 Å². The zero-order valence-electron chi connectivity index (χ0n) is 18.8. The van der Waals surface area contributed by atoms with Crippen LogP contribution in [-0.2, 0) is 11.3 Å². The molecule has 0 amide bonds. The van der Waals surface area contributed by atoms with Gasteiger partial charge in [-0.1, -0.05) is 12.1 Å². The molecule has 1 N–H and O–H groups in total. The molecule has 2 aromatic rings. The summed E-state index contributed by atoms with van der Waals surface area (Å²) in [4.78, 5) is 10.6. The number of likely N-dealkylation sites (N-methyl/N-ethyl adjacent to an activating group) is 1. The van der Waals surface area contributed by atoms with Crippen LogP contribution in [0.4, 0.5) is 10.2 Å². The van der Waals surface area contributed by atoms with E-state index in [1.807, 2.05) is 24.1 Å². The van der Waals surface area contributed by atoms with Crippen LogP contribution in [0.25, 0.3) is 0 Å². The van der Waals surface area contributed by atoms with Gasteiger partial charge >= 0.3 is 0 Å². The Morgan fingerprint density at radius 3 is 2.66 bits per heavy atom. The third-order valence-corrected chi connectivity index (χ3v) is 6.09. The quantitative estimate of drug-likeness (QED) is 0.635. The highest BCUT2D eigenvalue weighted by Gasteiger charge is 2.37. The average Bonchev–Trinajstić information content (AvgIpc) is 3.17. The first-order valence-corrected chi connectivity index (χ1v) is 11.3. The second-order valence-corrected chi connectivity index (χ2v) is 8.85. The van der Waals surface area contributed by atoms with Crippen molar-refractivity contribution in [2.24, 2.45) is 0 Å². The van der Waals surface area contributed by atoms with E-state index >= 15 is 0 Å². The number of ether oxygens (including phenoxy) is 2. The average molecular weight is 445 g/mol. The van der Waals surface area contributed by atoms with E-state index in [2.05, 4.69) is 26.9 Å². The third-order valence-electron chi connectivity index (χ3n) is 6.09. The minimum Gasteiger partial charge on any atom is -0.492 e. The Balaban J connectivity index is 1.21. The lowest BCUT2D eigenvalue weighted by molar-refractivity contribution is 0.0279. The molecule has 0 aliphatic carbocycles. The predicted octanol–water partition coefficient (Wildman–Crippen LogP) is 2.00. The number of benzene rings is 1. The van der Waals surface area contributed by atoms with E-state index in [0.717, 1.165) is 45.1 Å². The van der Waals surface area contributed by atoms with Crippen LogP contribution in [0.3, 0.4) is 0 Å². The minimum absolute atomic E-state index is 0.350. The smallest absolute Gasteiger partial charge is 0.141 e. The van der Waals surface area contributed by atoms with Crippen LogP contribution in [-0.4, -0.2) is 91.6 Å². The Bertz CT molecular complexity index is 845. The fourth-order valence-corrected chi connectivity index (χ4v) is 4.41.